The molecule has 11 aromatic rings. The van der Waals surface area contributed by atoms with Gasteiger partial charge in [0.15, 0.2) is 0 Å². The summed E-state index contributed by atoms with van der Waals surface area (Å²) in [5.41, 5.74) is 18.6. The number of fused-ring (bicyclic) bond motifs is 10. The largest absolute Gasteiger partial charge is 0.455 e. The van der Waals surface area contributed by atoms with Crippen LogP contribution in [-0.2, 0) is 5.41 Å². The quantitative estimate of drug-likeness (QED) is 0.168. The predicted octanol–water partition coefficient (Wildman–Crippen LogP) is 15.8. The lowest BCUT2D eigenvalue weighted by molar-refractivity contribution is 0.660. The van der Waals surface area contributed by atoms with E-state index < -0.39 is 0 Å². The van der Waals surface area contributed by atoms with Crippen molar-refractivity contribution in [2.75, 3.05) is 4.90 Å². The molecular formula is C57H40N2O. The molecule has 284 valence electrons. The molecule has 0 bridgehead atoms. The van der Waals surface area contributed by atoms with Crippen LogP contribution in [0, 0.1) is 0 Å². The summed E-state index contributed by atoms with van der Waals surface area (Å²) in [6.07, 6.45) is 0. The summed E-state index contributed by atoms with van der Waals surface area (Å²) in [7, 11) is 0. The summed E-state index contributed by atoms with van der Waals surface area (Å²) in [6.45, 7) is 4.73. The maximum absolute atomic E-state index is 6.58. The van der Waals surface area contributed by atoms with Crippen LogP contribution < -0.4 is 4.90 Å². The molecule has 0 saturated heterocycles. The molecule has 0 spiro atoms. The molecule has 12 rings (SSSR count). The highest BCUT2D eigenvalue weighted by molar-refractivity contribution is 6.23. The molecule has 2 heterocycles. The van der Waals surface area contributed by atoms with Crippen LogP contribution in [0.2, 0.25) is 0 Å². The van der Waals surface area contributed by atoms with E-state index in [1.807, 2.05) is 6.07 Å². The highest BCUT2D eigenvalue weighted by Crippen LogP contribution is 2.52. The average molecular weight is 769 g/mol. The lowest BCUT2D eigenvalue weighted by Gasteiger charge is -2.28. The molecule has 0 unspecified atom stereocenters. The second-order valence-electron chi connectivity index (χ2n) is 16.5. The van der Waals surface area contributed by atoms with Crippen molar-refractivity contribution in [1.82, 2.24) is 4.57 Å². The lowest BCUT2D eigenvalue weighted by Crippen LogP contribution is -2.16. The number of para-hydroxylation sites is 2. The fraction of sp³-hybridized carbons (Fsp3) is 0.0526. The van der Waals surface area contributed by atoms with Crippen molar-refractivity contribution < 1.29 is 4.42 Å². The third-order valence-electron chi connectivity index (χ3n) is 12.8. The Morgan fingerprint density at radius 1 is 0.417 bits per heavy atom. The van der Waals surface area contributed by atoms with Crippen LogP contribution in [0.3, 0.4) is 0 Å². The Hall–Kier alpha value is -7.62. The Labute approximate surface area is 349 Å². The molecule has 0 saturated carbocycles. The first-order chi connectivity index (χ1) is 29.5. The summed E-state index contributed by atoms with van der Waals surface area (Å²) < 4.78 is 8.95. The van der Waals surface area contributed by atoms with Crippen molar-refractivity contribution in [3.05, 3.63) is 217 Å². The number of hydrogen-bond donors (Lipinski definition) is 0. The Morgan fingerprint density at radius 2 is 1.02 bits per heavy atom. The van der Waals surface area contributed by atoms with Crippen LogP contribution in [0.25, 0.3) is 82.8 Å². The van der Waals surface area contributed by atoms with Crippen LogP contribution in [0.4, 0.5) is 17.1 Å². The van der Waals surface area contributed by atoms with E-state index in [4.69, 9.17) is 4.42 Å². The first kappa shape index (κ1) is 34.4. The summed E-state index contributed by atoms with van der Waals surface area (Å²) in [6, 6.07) is 74.8. The van der Waals surface area contributed by atoms with Gasteiger partial charge in [0.25, 0.3) is 0 Å². The molecule has 60 heavy (non-hydrogen) atoms. The van der Waals surface area contributed by atoms with Gasteiger partial charge in [-0.3, -0.25) is 0 Å². The normalized spacial score (nSPS) is 13.0. The molecular weight excluding hydrogens is 729 g/mol. The van der Waals surface area contributed by atoms with Gasteiger partial charge < -0.3 is 13.9 Å². The zero-order chi connectivity index (χ0) is 40.0. The molecule has 0 aliphatic heterocycles. The number of rotatable bonds is 6. The summed E-state index contributed by atoms with van der Waals surface area (Å²) in [4.78, 5) is 2.40. The van der Waals surface area contributed by atoms with Crippen molar-refractivity contribution in [3.63, 3.8) is 0 Å². The summed E-state index contributed by atoms with van der Waals surface area (Å²) in [5, 5.41) is 4.60. The van der Waals surface area contributed by atoms with Crippen LogP contribution in [0.15, 0.2) is 211 Å². The number of benzene rings is 9. The fourth-order valence-electron chi connectivity index (χ4n) is 9.84. The SMILES string of the molecule is CC1(C)c2ccc(-c3ccccc3)cc2-c2ccc(N(c3ccc(-c4ccccc4)cc3)c3ccc(-n4c5ccccc5c5c6oc7ccccc7c6ccc54)cc3)cc21. The molecule has 3 heteroatoms. The van der Waals surface area contributed by atoms with E-state index in [0.717, 1.165) is 61.1 Å². The first-order valence-electron chi connectivity index (χ1n) is 20.8. The van der Waals surface area contributed by atoms with E-state index in [1.54, 1.807) is 0 Å². The number of nitrogens with zero attached hydrogens (tertiary/aromatic N) is 2. The van der Waals surface area contributed by atoms with Gasteiger partial charge in [0.1, 0.15) is 11.2 Å². The summed E-state index contributed by atoms with van der Waals surface area (Å²) >= 11 is 0. The lowest BCUT2D eigenvalue weighted by atomic mass is 9.82. The van der Waals surface area contributed by atoms with E-state index in [2.05, 4.69) is 224 Å². The molecule has 9 aromatic carbocycles. The maximum atomic E-state index is 6.58. The Morgan fingerprint density at radius 3 is 1.77 bits per heavy atom. The molecule has 0 atom stereocenters. The number of hydrogen-bond acceptors (Lipinski definition) is 2. The number of furan rings is 1. The van der Waals surface area contributed by atoms with Gasteiger partial charge in [0.05, 0.1) is 16.4 Å². The third kappa shape index (κ3) is 5.22. The molecule has 0 amide bonds. The highest BCUT2D eigenvalue weighted by atomic mass is 16.3. The predicted molar refractivity (Wildman–Crippen MR) is 251 cm³/mol. The molecule has 1 aliphatic rings. The van der Waals surface area contributed by atoms with E-state index >= 15 is 0 Å². The van der Waals surface area contributed by atoms with Crippen molar-refractivity contribution in [2.24, 2.45) is 0 Å². The van der Waals surface area contributed by atoms with Crippen molar-refractivity contribution in [2.45, 2.75) is 19.3 Å². The van der Waals surface area contributed by atoms with Crippen LogP contribution >= 0.6 is 0 Å². The third-order valence-corrected chi connectivity index (χ3v) is 12.8. The minimum absolute atomic E-state index is 0.162. The number of anilines is 3. The Bertz CT molecular complexity index is 3430. The van der Waals surface area contributed by atoms with Gasteiger partial charge in [-0.05, 0) is 123 Å². The first-order valence-corrected chi connectivity index (χ1v) is 20.8. The van der Waals surface area contributed by atoms with Crippen molar-refractivity contribution >= 4 is 60.8 Å². The van der Waals surface area contributed by atoms with Crippen LogP contribution in [-0.4, -0.2) is 4.57 Å². The Balaban J connectivity index is 0.995. The van der Waals surface area contributed by atoms with Gasteiger partial charge in [-0.1, -0.05) is 141 Å². The zero-order valence-corrected chi connectivity index (χ0v) is 33.4. The molecule has 0 N–H and O–H groups in total. The molecule has 1 aliphatic carbocycles. The molecule has 0 fully saturated rings. The van der Waals surface area contributed by atoms with Crippen LogP contribution in [0.1, 0.15) is 25.0 Å². The zero-order valence-electron chi connectivity index (χ0n) is 33.4. The number of aromatic nitrogens is 1. The second-order valence-corrected chi connectivity index (χ2v) is 16.5. The van der Waals surface area contributed by atoms with Gasteiger partial charge in [0, 0.05) is 44.3 Å². The summed E-state index contributed by atoms with van der Waals surface area (Å²) in [5.74, 6) is 0. The van der Waals surface area contributed by atoms with Crippen molar-refractivity contribution in [1.29, 1.82) is 0 Å². The van der Waals surface area contributed by atoms with Gasteiger partial charge in [0.2, 0.25) is 0 Å². The molecule has 2 aromatic heterocycles. The topological polar surface area (TPSA) is 21.3 Å². The Kier molecular flexibility index (Phi) is 7.58. The van der Waals surface area contributed by atoms with E-state index in [-0.39, 0.29) is 5.41 Å². The smallest absolute Gasteiger partial charge is 0.145 e. The van der Waals surface area contributed by atoms with Gasteiger partial charge >= 0.3 is 0 Å². The molecule has 0 radical (unpaired) electrons. The van der Waals surface area contributed by atoms with E-state index in [1.165, 1.54) is 49.9 Å². The van der Waals surface area contributed by atoms with E-state index in [0.29, 0.717) is 0 Å². The minimum Gasteiger partial charge on any atom is -0.455 e. The standard InChI is InChI=1S/C57H40N2O/c1-57(2)50-33-23-40(38-15-7-4-8-16-38)35-49(50)45-31-30-44(36-51(45)57)58(41-24-21-39(22-25-41)37-13-5-3-6-14-37)42-26-28-43(29-27-42)59-52-19-11-9-18-48(52)55-53(59)34-32-47-46-17-10-12-20-54(46)60-56(47)55/h3-36H,1-2H3. The maximum Gasteiger partial charge on any atom is 0.145 e. The average Bonchev–Trinajstić information content (AvgIpc) is 3.93. The van der Waals surface area contributed by atoms with E-state index in [9.17, 15) is 0 Å². The highest BCUT2D eigenvalue weighted by Gasteiger charge is 2.36. The monoisotopic (exact) mass is 768 g/mol. The van der Waals surface area contributed by atoms with Crippen molar-refractivity contribution in [3.8, 4) is 39.1 Å². The van der Waals surface area contributed by atoms with Gasteiger partial charge in [-0.25, -0.2) is 0 Å². The second kappa shape index (κ2) is 13.2. The van der Waals surface area contributed by atoms with Gasteiger partial charge in [-0.2, -0.15) is 0 Å². The minimum atomic E-state index is -0.162. The molecule has 3 nitrogen and oxygen atoms in total. The van der Waals surface area contributed by atoms with Crippen LogP contribution in [0.5, 0.6) is 0 Å². The van der Waals surface area contributed by atoms with Gasteiger partial charge in [-0.15, -0.1) is 0 Å². The fourth-order valence-corrected chi connectivity index (χ4v) is 9.84.